The van der Waals surface area contributed by atoms with Crippen molar-refractivity contribution in [3.05, 3.63) is 33.9 Å². The second-order valence-corrected chi connectivity index (χ2v) is 5.74. The average Bonchev–Trinajstić information content (AvgIpc) is 2.87. The van der Waals surface area contributed by atoms with Crippen LogP contribution in [-0.4, -0.2) is 53.6 Å². The molecule has 120 valence electrons. The van der Waals surface area contributed by atoms with Crippen LogP contribution in [-0.2, 0) is 11.2 Å². The Hall–Kier alpha value is -1.99. The van der Waals surface area contributed by atoms with Crippen molar-refractivity contribution in [2.75, 3.05) is 31.6 Å². The third kappa shape index (κ3) is 3.80. The van der Waals surface area contributed by atoms with Gasteiger partial charge < -0.3 is 10.0 Å². The highest BCUT2D eigenvalue weighted by Crippen LogP contribution is 2.31. The first-order chi connectivity index (χ1) is 10.4. The molecule has 1 amide bonds. The van der Waals surface area contributed by atoms with Crippen LogP contribution in [0.1, 0.15) is 18.9 Å². The van der Waals surface area contributed by atoms with Gasteiger partial charge >= 0.3 is 0 Å². The van der Waals surface area contributed by atoms with Gasteiger partial charge in [-0.1, -0.05) is 0 Å². The number of amides is 1. The number of rotatable bonds is 6. The fourth-order valence-electron chi connectivity index (χ4n) is 2.56. The zero-order valence-electron chi connectivity index (χ0n) is 12.9. The van der Waals surface area contributed by atoms with Crippen LogP contribution in [0, 0.1) is 10.1 Å². The van der Waals surface area contributed by atoms with Crippen LogP contribution in [0.2, 0.25) is 0 Å². The van der Waals surface area contributed by atoms with Gasteiger partial charge in [-0.3, -0.25) is 19.8 Å². The molecule has 1 aromatic carbocycles. The Morgan fingerprint density at radius 3 is 2.91 bits per heavy atom. The topological polar surface area (TPSA) is 86.9 Å². The first-order valence-corrected chi connectivity index (χ1v) is 7.32. The monoisotopic (exact) mass is 307 g/mol. The molecule has 7 heteroatoms. The first-order valence-electron chi connectivity index (χ1n) is 7.32. The minimum Gasteiger partial charge on any atom is -0.393 e. The molecule has 0 fully saturated rings. The van der Waals surface area contributed by atoms with Crippen LogP contribution >= 0.6 is 0 Å². The Labute approximate surface area is 129 Å². The molecule has 1 aliphatic rings. The van der Waals surface area contributed by atoms with E-state index in [2.05, 4.69) is 0 Å². The van der Waals surface area contributed by atoms with Gasteiger partial charge in [0, 0.05) is 30.9 Å². The van der Waals surface area contributed by atoms with Crippen molar-refractivity contribution in [2.45, 2.75) is 25.9 Å². The van der Waals surface area contributed by atoms with Gasteiger partial charge in [-0.15, -0.1) is 0 Å². The fraction of sp³-hybridized carbons (Fsp3) is 0.533. The molecule has 0 spiro atoms. The number of fused-ring (bicyclic) bond motifs is 1. The number of aliphatic hydroxyl groups excluding tert-OH is 1. The van der Waals surface area contributed by atoms with E-state index in [-0.39, 0.29) is 24.2 Å². The minimum atomic E-state index is -0.422. The largest absolute Gasteiger partial charge is 0.393 e. The van der Waals surface area contributed by atoms with Gasteiger partial charge in [0.2, 0.25) is 5.91 Å². The molecule has 22 heavy (non-hydrogen) atoms. The normalized spacial score (nSPS) is 15.0. The third-order valence-electron chi connectivity index (χ3n) is 3.80. The second-order valence-electron chi connectivity index (χ2n) is 5.74. The first kappa shape index (κ1) is 16.4. The van der Waals surface area contributed by atoms with E-state index in [1.165, 1.54) is 6.07 Å². The Kier molecular flexibility index (Phi) is 5.10. The number of aliphatic hydroxyl groups is 1. The molecule has 1 atom stereocenters. The van der Waals surface area contributed by atoms with Crippen LogP contribution in [0.4, 0.5) is 11.4 Å². The predicted octanol–water partition coefficient (Wildman–Crippen LogP) is 1.19. The summed E-state index contributed by atoms with van der Waals surface area (Å²) in [4.78, 5) is 26.3. The lowest BCUT2D eigenvalue weighted by atomic mass is 10.1. The minimum absolute atomic E-state index is 0.0271. The zero-order valence-corrected chi connectivity index (χ0v) is 12.9. The summed E-state index contributed by atoms with van der Waals surface area (Å²) in [7, 11) is 1.84. The highest BCUT2D eigenvalue weighted by molar-refractivity contribution is 5.97. The van der Waals surface area contributed by atoms with E-state index in [0.717, 1.165) is 11.3 Å². The molecule has 0 saturated heterocycles. The Balaban J connectivity index is 2.01. The van der Waals surface area contributed by atoms with Crippen LogP contribution in [0.25, 0.3) is 0 Å². The number of non-ortho nitro benzene ring substituents is 1. The molecule has 1 N–H and O–H groups in total. The van der Waals surface area contributed by atoms with Crippen molar-refractivity contribution in [3.63, 3.8) is 0 Å². The molecule has 0 bridgehead atoms. The quantitative estimate of drug-likeness (QED) is 0.630. The molecule has 1 aliphatic heterocycles. The van der Waals surface area contributed by atoms with E-state index < -0.39 is 4.92 Å². The number of hydrogen-bond acceptors (Lipinski definition) is 5. The van der Waals surface area contributed by atoms with Crippen molar-refractivity contribution in [2.24, 2.45) is 0 Å². The lowest BCUT2D eigenvalue weighted by Crippen LogP contribution is -2.38. The molecule has 0 aromatic heterocycles. The van der Waals surface area contributed by atoms with Crippen LogP contribution in [0.3, 0.4) is 0 Å². The van der Waals surface area contributed by atoms with Gasteiger partial charge in [0.25, 0.3) is 5.69 Å². The lowest BCUT2D eigenvalue weighted by Gasteiger charge is -2.22. The summed E-state index contributed by atoms with van der Waals surface area (Å²) in [6, 6.07) is 4.62. The summed E-state index contributed by atoms with van der Waals surface area (Å²) in [5.74, 6) is -0.0271. The van der Waals surface area contributed by atoms with E-state index in [1.807, 2.05) is 11.9 Å². The summed E-state index contributed by atoms with van der Waals surface area (Å²) in [5.41, 5.74) is 1.66. The maximum atomic E-state index is 12.4. The molecule has 0 saturated carbocycles. The second kappa shape index (κ2) is 6.85. The standard InChI is InChI=1S/C15H21N3O4/c1-11(19)5-7-16(2)10-15(20)17-8-6-12-9-13(18(21)22)3-4-14(12)17/h3-4,9,11,19H,5-8,10H2,1-2H3. The highest BCUT2D eigenvalue weighted by atomic mass is 16.6. The van der Waals surface area contributed by atoms with E-state index in [9.17, 15) is 20.0 Å². The van der Waals surface area contributed by atoms with Crippen molar-refractivity contribution in [3.8, 4) is 0 Å². The molecule has 1 aromatic rings. The molecule has 1 heterocycles. The fourth-order valence-corrected chi connectivity index (χ4v) is 2.56. The van der Waals surface area contributed by atoms with Crippen molar-refractivity contribution >= 4 is 17.3 Å². The summed E-state index contributed by atoms with van der Waals surface area (Å²) in [6.07, 6.45) is 0.873. The number of benzene rings is 1. The van der Waals surface area contributed by atoms with E-state index in [4.69, 9.17) is 0 Å². The maximum absolute atomic E-state index is 12.4. The zero-order chi connectivity index (χ0) is 16.3. The summed E-state index contributed by atoms with van der Waals surface area (Å²) in [6.45, 7) is 3.19. The molecule has 7 nitrogen and oxygen atoms in total. The Bertz CT molecular complexity index is 574. The van der Waals surface area contributed by atoms with E-state index >= 15 is 0 Å². The molecular weight excluding hydrogens is 286 g/mol. The smallest absolute Gasteiger partial charge is 0.269 e. The number of likely N-dealkylation sites (N-methyl/N-ethyl adjacent to an activating group) is 1. The third-order valence-corrected chi connectivity index (χ3v) is 3.80. The van der Waals surface area contributed by atoms with E-state index in [1.54, 1.807) is 24.0 Å². The summed E-state index contributed by atoms with van der Waals surface area (Å²) >= 11 is 0. The van der Waals surface area contributed by atoms with Gasteiger partial charge in [0.15, 0.2) is 0 Å². The van der Waals surface area contributed by atoms with Crippen LogP contribution in [0.5, 0.6) is 0 Å². The van der Waals surface area contributed by atoms with Crippen molar-refractivity contribution < 1.29 is 14.8 Å². The highest BCUT2D eigenvalue weighted by Gasteiger charge is 2.26. The summed E-state index contributed by atoms with van der Waals surface area (Å²) < 4.78 is 0. The number of hydrogen-bond donors (Lipinski definition) is 1. The van der Waals surface area contributed by atoms with Gasteiger partial charge in [0.05, 0.1) is 17.6 Å². The Morgan fingerprint density at radius 2 is 2.27 bits per heavy atom. The van der Waals surface area contributed by atoms with Crippen LogP contribution in [0.15, 0.2) is 18.2 Å². The molecular formula is C15H21N3O4. The number of nitro benzene ring substituents is 1. The number of nitrogens with zero attached hydrogens (tertiary/aromatic N) is 3. The average molecular weight is 307 g/mol. The van der Waals surface area contributed by atoms with Gasteiger partial charge in [-0.05, 0) is 38.4 Å². The van der Waals surface area contributed by atoms with Gasteiger partial charge in [-0.2, -0.15) is 0 Å². The number of anilines is 1. The van der Waals surface area contributed by atoms with E-state index in [0.29, 0.717) is 25.9 Å². The number of carbonyl (C=O) groups excluding carboxylic acids is 1. The van der Waals surface area contributed by atoms with Gasteiger partial charge in [-0.25, -0.2) is 0 Å². The van der Waals surface area contributed by atoms with Crippen molar-refractivity contribution in [1.82, 2.24) is 4.90 Å². The van der Waals surface area contributed by atoms with Crippen molar-refractivity contribution in [1.29, 1.82) is 0 Å². The predicted molar refractivity (Wildman–Crippen MR) is 82.9 cm³/mol. The molecule has 2 rings (SSSR count). The summed E-state index contributed by atoms with van der Waals surface area (Å²) in [5, 5.41) is 20.1. The van der Waals surface area contributed by atoms with Crippen LogP contribution < -0.4 is 4.90 Å². The number of carbonyl (C=O) groups is 1. The SMILES string of the molecule is CC(O)CCN(C)CC(=O)N1CCc2cc([N+](=O)[O-])ccc21. The molecule has 1 unspecified atom stereocenters. The lowest BCUT2D eigenvalue weighted by molar-refractivity contribution is -0.384. The van der Waals surface area contributed by atoms with Gasteiger partial charge in [0.1, 0.15) is 0 Å². The Morgan fingerprint density at radius 1 is 1.55 bits per heavy atom. The molecule has 0 radical (unpaired) electrons. The number of nitro groups is 1. The molecule has 0 aliphatic carbocycles. The maximum Gasteiger partial charge on any atom is 0.269 e.